The molecule has 0 radical (unpaired) electrons. The Kier molecular flexibility index (Phi) is 10.8. The molecule has 2 aromatic carbocycles. The van der Waals surface area contributed by atoms with Crippen molar-refractivity contribution in [3.05, 3.63) is 107 Å². The number of halogens is 5. The summed E-state index contributed by atoms with van der Waals surface area (Å²) >= 11 is 20.1. The Morgan fingerprint density at radius 2 is 1.32 bits per heavy atom. The molecule has 0 aliphatic rings. The number of nitrogens with zero attached hydrogens (tertiary/aromatic N) is 4. The normalized spacial score (nSPS) is 10.6. The van der Waals surface area contributed by atoms with Crippen LogP contribution in [0.3, 0.4) is 0 Å². The third-order valence-corrected chi connectivity index (χ3v) is 8.31. The molecule has 44 heavy (non-hydrogen) atoms. The quantitative estimate of drug-likeness (QED) is 0.154. The summed E-state index contributed by atoms with van der Waals surface area (Å²) in [6.07, 6.45) is 3.30. The lowest BCUT2D eigenvalue weighted by molar-refractivity contribution is 0.102. The number of anilines is 3. The van der Waals surface area contributed by atoms with Crippen LogP contribution >= 0.6 is 57.5 Å². The van der Waals surface area contributed by atoms with Crippen molar-refractivity contribution in [2.45, 2.75) is 27.2 Å². The van der Waals surface area contributed by atoms with Gasteiger partial charge in [0.05, 0.1) is 44.5 Å². The summed E-state index contributed by atoms with van der Waals surface area (Å²) < 4.78 is 26.4. The van der Waals surface area contributed by atoms with Crippen molar-refractivity contribution in [2.24, 2.45) is 0 Å². The Labute approximate surface area is 273 Å². The first kappa shape index (κ1) is 33.1. The first-order chi connectivity index (χ1) is 20.8. The minimum absolute atomic E-state index is 0.145. The van der Waals surface area contributed by atoms with Crippen LogP contribution in [0.4, 0.5) is 25.3 Å². The molecule has 5 rings (SSSR count). The van der Waals surface area contributed by atoms with Crippen molar-refractivity contribution in [1.82, 2.24) is 19.9 Å². The van der Waals surface area contributed by atoms with Gasteiger partial charge in [0.25, 0.3) is 11.8 Å². The number of carbonyl (C=O) groups excluding carboxylic acids is 2. The van der Waals surface area contributed by atoms with Crippen LogP contribution in [0.1, 0.15) is 47.0 Å². The predicted octanol–water partition coefficient (Wildman–Crippen LogP) is 7.92. The van der Waals surface area contributed by atoms with E-state index in [2.05, 4.69) is 30.6 Å². The monoisotopic (exact) mass is 695 g/mol. The van der Waals surface area contributed by atoms with E-state index in [1.807, 2.05) is 0 Å². The lowest BCUT2D eigenvalue weighted by Gasteiger charge is -2.09. The number of rotatable bonds is 6. The third-order valence-electron chi connectivity index (χ3n) is 5.70. The molecule has 0 unspecified atom stereocenters. The highest BCUT2D eigenvalue weighted by Crippen LogP contribution is 2.29. The van der Waals surface area contributed by atoms with Gasteiger partial charge < -0.3 is 16.4 Å². The minimum atomic E-state index is -0.454. The highest BCUT2D eigenvalue weighted by Gasteiger charge is 2.16. The summed E-state index contributed by atoms with van der Waals surface area (Å²) in [6.45, 7) is 5.08. The van der Waals surface area contributed by atoms with Gasteiger partial charge in [-0.3, -0.25) is 9.59 Å². The minimum Gasteiger partial charge on any atom is -0.375 e. The Morgan fingerprint density at radius 3 is 1.80 bits per heavy atom. The Bertz CT molecular complexity index is 1800. The second-order valence-electron chi connectivity index (χ2n) is 9.15. The van der Waals surface area contributed by atoms with E-state index in [-0.39, 0.29) is 21.9 Å². The molecule has 0 bridgehead atoms. The molecule has 228 valence electrons. The fraction of sp³-hybridized carbons (Fsp3) is 0.143. The number of nitrogens with two attached hydrogens (primary N) is 1. The lowest BCUT2D eigenvalue weighted by atomic mass is 10.2. The van der Waals surface area contributed by atoms with Gasteiger partial charge in [-0.05, 0) is 62.2 Å². The standard InChI is InChI=1S/C17H13Cl2FN4OS.C11H9ClFN3OS/c1-8-3-10(20)4-12(18)16(8)24-17(25)13-7-21-15(26-13)6-11-5-14(19)23-9(2)22-11;1-5-2-6(13)3-7(12)9(5)16-10(17)8-4-15-11(14)18-8/h3-5,7H,6H2,1-2H3,(H,24,25);2-4H,1H3,(H2,14,15)(H,16,17). The zero-order valence-corrected chi connectivity index (χ0v) is 27.0. The Hall–Kier alpha value is -3.75. The molecule has 9 nitrogen and oxygen atoms in total. The fourth-order valence-electron chi connectivity index (χ4n) is 3.80. The summed E-state index contributed by atoms with van der Waals surface area (Å²) in [4.78, 5) is 41.4. The molecule has 0 spiro atoms. The van der Waals surface area contributed by atoms with Gasteiger partial charge in [0.1, 0.15) is 32.4 Å². The van der Waals surface area contributed by atoms with E-state index in [4.69, 9.17) is 40.5 Å². The van der Waals surface area contributed by atoms with Gasteiger partial charge in [0, 0.05) is 6.42 Å². The van der Waals surface area contributed by atoms with E-state index in [0.29, 0.717) is 59.8 Å². The molecule has 3 heterocycles. The number of hydrogen-bond donors (Lipinski definition) is 3. The van der Waals surface area contributed by atoms with Crippen molar-refractivity contribution in [2.75, 3.05) is 16.4 Å². The average Bonchev–Trinajstić information content (AvgIpc) is 3.57. The number of hydrogen-bond acceptors (Lipinski definition) is 9. The zero-order valence-electron chi connectivity index (χ0n) is 23.1. The molecule has 0 aliphatic carbocycles. The highest BCUT2D eigenvalue weighted by atomic mass is 35.5. The number of nitrogens with one attached hydrogen (secondary N) is 2. The molecule has 0 fully saturated rings. The predicted molar refractivity (Wildman–Crippen MR) is 171 cm³/mol. The fourth-order valence-corrected chi connectivity index (χ4v) is 6.05. The van der Waals surface area contributed by atoms with Crippen LogP contribution < -0.4 is 16.4 Å². The van der Waals surface area contributed by atoms with Crippen molar-refractivity contribution >= 4 is 85.8 Å². The molecule has 0 saturated heterocycles. The van der Waals surface area contributed by atoms with E-state index in [9.17, 15) is 18.4 Å². The van der Waals surface area contributed by atoms with Crippen LogP contribution in [0, 0.1) is 32.4 Å². The topological polar surface area (TPSA) is 136 Å². The van der Waals surface area contributed by atoms with E-state index < -0.39 is 11.6 Å². The number of aryl methyl sites for hydroxylation is 3. The molecule has 0 aliphatic heterocycles. The number of aromatic nitrogens is 4. The van der Waals surface area contributed by atoms with Gasteiger partial charge in [-0.1, -0.05) is 46.1 Å². The second kappa shape index (κ2) is 14.4. The van der Waals surface area contributed by atoms with Crippen molar-refractivity contribution in [3.63, 3.8) is 0 Å². The maximum absolute atomic E-state index is 13.3. The molecule has 2 amide bonds. The SMILES string of the molecule is Cc1cc(F)cc(Cl)c1NC(=O)c1cnc(N)s1.Cc1nc(Cl)cc(Cc2ncc(C(=O)Nc3c(C)cc(F)cc3Cl)s2)n1. The Balaban J connectivity index is 0.000000215. The molecule has 5 aromatic rings. The van der Waals surface area contributed by atoms with Gasteiger partial charge in [-0.2, -0.15) is 0 Å². The maximum Gasteiger partial charge on any atom is 0.267 e. The average molecular weight is 697 g/mol. The third kappa shape index (κ3) is 8.67. The van der Waals surface area contributed by atoms with E-state index in [0.717, 1.165) is 29.2 Å². The number of thiazole rings is 2. The summed E-state index contributed by atoms with van der Waals surface area (Å²) in [5, 5.41) is 7.00. The molecule has 0 atom stereocenters. The van der Waals surface area contributed by atoms with Crippen molar-refractivity contribution in [1.29, 1.82) is 0 Å². The first-order valence-corrected chi connectivity index (χ1v) is 15.3. The van der Waals surface area contributed by atoms with Gasteiger partial charge >= 0.3 is 0 Å². The summed E-state index contributed by atoms with van der Waals surface area (Å²) in [5.41, 5.74) is 8.02. The Morgan fingerprint density at radius 1 is 0.795 bits per heavy atom. The van der Waals surface area contributed by atoms with Gasteiger partial charge in [0.2, 0.25) is 0 Å². The van der Waals surface area contributed by atoms with Crippen molar-refractivity contribution in [3.8, 4) is 0 Å². The molecular weight excluding hydrogens is 675 g/mol. The van der Waals surface area contributed by atoms with E-state index >= 15 is 0 Å². The lowest BCUT2D eigenvalue weighted by Crippen LogP contribution is -2.11. The smallest absolute Gasteiger partial charge is 0.267 e. The van der Waals surface area contributed by atoms with Crippen LogP contribution in [0.2, 0.25) is 15.2 Å². The van der Waals surface area contributed by atoms with Gasteiger partial charge in [-0.25, -0.2) is 28.7 Å². The molecule has 4 N–H and O–H groups in total. The summed E-state index contributed by atoms with van der Waals surface area (Å²) in [5.74, 6) is -1.06. The highest BCUT2D eigenvalue weighted by molar-refractivity contribution is 7.17. The van der Waals surface area contributed by atoms with Crippen LogP contribution in [0.25, 0.3) is 0 Å². The number of amides is 2. The van der Waals surface area contributed by atoms with Crippen LogP contribution in [-0.2, 0) is 6.42 Å². The largest absolute Gasteiger partial charge is 0.375 e. The van der Waals surface area contributed by atoms with Gasteiger partial charge in [0.15, 0.2) is 5.13 Å². The molecule has 0 saturated carbocycles. The number of carbonyl (C=O) groups is 2. The van der Waals surface area contributed by atoms with E-state index in [1.165, 1.54) is 35.9 Å². The van der Waals surface area contributed by atoms with Crippen LogP contribution in [0.5, 0.6) is 0 Å². The van der Waals surface area contributed by atoms with Crippen LogP contribution in [0.15, 0.2) is 42.7 Å². The van der Waals surface area contributed by atoms with Crippen molar-refractivity contribution < 1.29 is 18.4 Å². The maximum atomic E-state index is 13.3. The first-order valence-electron chi connectivity index (χ1n) is 12.5. The van der Waals surface area contributed by atoms with Gasteiger partial charge in [-0.15, -0.1) is 11.3 Å². The van der Waals surface area contributed by atoms with Crippen LogP contribution in [-0.4, -0.2) is 31.8 Å². The zero-order chi connectivity index (χ0) is 32.1. The number of benzene rings is 2. The molecule has 16 heteroatoms. The summed E-state index contributed by atoms with van der Waals surface area (Å²) in [7, 11) is 0. The molecular formula is C28H22Cl3F2N7O2S2. The number of nitrogen functional groups attached to an aromatic ring is 1. The van der Waals surface area contributed by atoms with E-state index in [1.54, 1.807) is 26.8 Å². The second-order valence-corrected chi connectivity index (χ2v) is 12.5. The summed E-state index contributed by atoms with van der Waals surface area (Å²) in [6, 6.07) is 6.56. The molecule has 3 aromatic heterocycles.